The van der Waals surface area contributed by atoms with Crippen molar-refractivity contribution in [1.29, 1.82) is 5.41 Å². The number of nitrogens with two attached hydrogens (primary N) is 1. The van der Waals surface area contributed by atoms with Crippen molar-refractivity contribution in [2.75, 3.05) is 13.1 Å². The zero-order valence-corrected chi connectivity index (χ0v) is 19.8. The smallest absolute Gasteiger partial charge is 0.346 e. The molecule has 3 rings (SSSR count). The van der Waals surface area contributed by atoms with Gasteiger partial charge < -0.3 is 21.1 Å². The number of carboxylic acids is 1. The molecule has 12 heteroatoms. The molecule has 0 unspecified atom stereocenters. The van der Waals surface area contributed by atoms with E-state index >= 15 is 0 Å². The number of nitrogen functional groups attached to an aromatic ring is 1. The summed E-state index contributed by atoms with van der Waals surface area (Å²) in [6, 6.07) is 3.38. The third kappa shape index (κ3) is 6.42. The van der Waals surface area contributed by atoms with Crippen molar-refractivity contribution < 1.29 is 19.5 Å². The number of likely N-dealkylation sites (tertiary alicyclic amines) is 1. The van der Waals surface area contributed by atoms with Gasteiger partial charge in [0, 0.05) is 19.3 Å². The van der Waals surface area contributed by atoms with Crippen molar-refractivity contribution in [2.24, 2.45) is 16.6 Å². The molecule has 1 aromatic rings. The average molecular weight is 501 g/mol. The maximum Gasteiger partial charge on any atom is 0.346 e. The van der Waals surface area contributed by atoms with E-state index in [0.29, 0.717) is 31.3 Å². The molecule has 1 saturated carbocycles. The summed E-state index contributed by atoms with van der Waals surface area (Å²) >= 11 is 0. The van der Waals surface area contributed by atoms with E-state index in [-0.39, 0.29) is 61.5 Å². The standard InChI is InChI=1S/C21H28N6O4.2ClH/c22-19(23)16-7-6-14(10-25-16)11-26-20(31)21(15-4-1-2-5-15)8-3-9-27(21)17(28)12-24-13-18(29)30;;/h6-7,10,13,15H,1-5,8-9,11-12H2,(H3,22,23)(H,26,31)(H,29,30);2*1H/t21-;;/m1../s1. The van der Waals surface area contributed by atoms with Gasteiger partial charge in [-0.25, -0.2) is 4.79 Å². The van der Waals surface area contributed by atoms with Gasteiger partial charge in [-0.3, -0.25) is 25.0 Å². The number of nitrogens with zero attached hydrogens (tertiary/aromatic N) is 3. The lowest BCUT2D eigenvalue weighted by molar-refractivity contribution is -0.147. The summed E-state index contributed by atoms with van der Waals surface area (Å²) in [7, 11) is 0. The minimum absolute atomic E-state index is 0. The Balaban J connectivity index is 0.00000272. The van der Waals surface area contributed by atoms with Crippen LogP contribution in [-0.4, -0.2) is 63.5 Å². The third-order valence-electron chi connectivity index (χ3n) is 6.13. The lowest BCUT2D eigenvalue weighted by atomic mass is 9.79. The molecule has 0 radical (unpaired) electrons. The van der Waals surface area contributed by atoms with Gasteiger partial charge in [0.1, 0.15) is 29.8 Å². The summed E-state index contributed by atoms with van der Waals surface area (Å²) in [6.07, 6.45) is 7.38. The van der Waals surface area contributed by atoms with E-state index in [2.05, 4.69) is 15.3 Å². The predicted molar refractivity (Wildman–Crippen MR) is 128 cm³/mol. The lowest BCUT2D eigenvalue weighted by Crippen LogP contribution is -2.61. The zero-order valence-electron chi connectivity index (χ0n) is 18.2. The fourth-order valence-electron chi connectivity index (χ4n) is 4.75. The second kappa shape index (κ2) is 12.5. The molecule has 1 aliphatic heterocycles. The molecular weight excluding hydrogens is 471 g/mol. The molecule has 1 aromatic heterocycles. The quantitative estimate of drug-likeness (QED) is 0.312. The summed E-state index contributed by atoms with van der Waals surface area (Å²) in [6.45, 7) is 0.419. The number of hydrogen-bond acceptors (Lipinski definition) is 6. The van der Waals surface area contributed by atoms with E-state index in [1.54, 1.807) is 23.2 Å². The van der Waals surface area contributed by atoms with Crippen LogP contribution in [0.4, 0.5) is 0 Å². The van der Waals surface area contributed by atoms with Crippen molar-refractivity contribution in [3.63, 3.8) is 0 Å². The fraction of sp³-hybridized carbons (Fsp3) is 0.524. The number of amides is 2. The first-order valence-corrected chi connectivity index (χ1v) is 10.5. The molecule has 1 atom stereocenters. The third-order valence-corrected chi connectivity index (χ3v) is 6.13. The van der Waals surface area contributed by atoms with Crippen LogP contribution in [0.5, 0.6) is 0 Å². The van der Waals surface area contributed by atoms with E-state index in [1.165, 1.54) is 0 Å². The summed E-state index contributed by atoms with van der Waals surface area (Å²) in [5, 5.41) is 19.1. The zero-order chi connectivity index (χ0) is 22.4. The van der Waals surface area contributed by atoms with Gasteiger partial charge in [-0.2, -0.15) is 0 Å². The molecule has 33 heavy (non-hydrogen) atoms. The topological polar surface area (TPSA) is 162 Å². The molecule has 0 aromatic carbocycles. The number of carboxylic acid groups (broad SMARTS) is 1. The van der Waals surface area contributed by atoms with Crippen molar-refractivity contribution in [1.82, 2.24) is 15.2 Å². The highest BCUT2D eigenvalue weighted by atomic mass is 35.5. The number of amidine groups is 1. The Bertz CT molecular complexity index is 889. The van der Waals surface area contributed by atoms with E-state index in [0.717, 1.165) is 31.2 Å². The number of aromatic nitrogens is 1. The number of carbonyl (C=O) groups is 3. The van der Waals surface area contributed by atoms with Crippen molar-refractivity contribution in [3.05, 3.63) is 29.6 Å². The molecule has 2 aliphatic rings. The number of rotatable bonds is 8. The predicted octanol–water partition coefficient (Wildman–Crippen LogP) is 1.53. The molecule has 1 saturated heterocycles. The highest BCUT2D eigenvalue weighted by molar-refractivity contribution is 6.22. The Morgan fingerprint density at radius 1 is 1.27 bits per heavy atom. The van der Waals surface area contributed by atoms with Gasteiger partial charge >= 0.3 is 5.97 Å². The Morgan fingerprint density at radius 3 is 2.55 bits per heavy atom. The summed E-state index contributed by atoms with van der Waals surface area (Å²) < 4.78 is 0. The number of nitrogens with one attached hydrogen (secondary N) is 2. The normalized spacial score (nSPS) is 20.2. The SMILES string of the molecule is Cl.Cl.N=C(N)c1ccc(CNC(=O)[C@]2(C3CCCC3)CCCN2C(=O)CN=CC(=O)O)cn1. The fourth-order valence-corrected chi connectivity index (χ4v) is 4.75. The minimum atomic E-state index is -1.21. The summed E-state index contributed by atoms with van der Waals surface area (Å²) in [5.41, 5.74) is 5.62. The monoisotopic (exact) mass is 500 g/mol. The molecule has 0 spiro atoms. The van der Waals surface area contributed by atoms with Gasteiger partial charge in [0.25, 0.3) is 0 Å². The van der Waals surface area contributed by atoms with Crippen molar-refractivity contribution in [2.45, 2.75) is 50.6 Å². The highest BCUT2D eigenvalue weighted by Gasteiger charge is 2.54. The number of pyridine rings is 1. The van der Waals surface area contributed by atoms with Gasteiger partial charge in [-0.1, -0.05) is 18.9 Å². The molecule has 2 heterocycles. The van der Waals surface area contributed by atoms with Crippen LogP contribution in [-0.2, 0) is 20.9 Å². The Labute approximate surface area is 204 Å². The molecule has 182 valence electrons. The number of aliphatic imine (C=N–C) groups is 1. The van der Waals surface area contributed by atoms with Crippen LogP contribution in [0, 0.1) is 11.3 Å². The van der Waals surface area contributed by atoms with Crippen LogP contribution >= 0.6 is 24.8 Å². The Hall–Kier alpha value is -2.72. The summed E-state index contributed by atoms with van der Waals surface area (Å²) in [4.78, 5) is 46.5. The first kappa shape index (κ1) is 28.3. The maximum atomic E-state index is 13.5. The second-order valence-electron chi connectivity index (χ2n) is 8.01. The molecular formula is C21H30Cl2N6O4. The largest absolute Gasteiger partial charge is 0.477 e. The van der Waals surface area contributed by atoms with Gasteiger partial charge in [0.2, 0.25) is 11.8 Å². The van der Waals surface area contributed by atoms with Crippen LogP contribution < -0.4 is 11.1 Å². The molecule has 1 aliphatic carbocycles. The van der Waals surface area contributed by atoms with Crippen molar-refractivity contribution >= 4 is 54.6 Å². The number of aliphatic carboxylic acids is 1. The van der Waals surface area contributed by atoms with Crippen LogP contribution in [0.2, 0.25) is 0 Å². The van der Waals surface area contributed by atoms with Crippen LogP contribution in [0.1, 0.15) is 49.8 Å². The van der Waals surface area contributed by atoms with E-state index in [1.807, 2.05) is 0 Å². The molecule has 10 nitrogen and oxygen atoms in total. The van der Waals surface area contributed by atoms with Gasteiger partial charge in [-0.15, -0.1) is 24.8 Å². The van der Waals surface area contributed by atoms with Crippen molar-refractivity contribution in [3.8, 4) is 0 Å². The maximum absolute atomic E-state index is 13.5. The van der Waals surface area contributed by atoms with E-state index in [9.17, 15) is 14.4 Å². The Kier molecular flexibility index (Phi) is 10.7. The minimum Gasteiger partial charge on any atom is -0.477 e. The number of halogens is 2. The molecule has 2 amide bonds. The van der Waals surface area contributed by atoms with Gasteiger partial charge in [0.15, 0.2) is 0 Å². The van der Waals surface area contributed by atoms with E-state index < -0.39 is 11.5 Å². The first-order chi connectivity index (χ1) is 14.8. The van der Waals surface area contributed by atoms with Crippen LogP contribution in [0.25, 0.3) is 0 Å². The summed E-state index contributed by atoms with van der Waals surface area (Å²) in [5.74, 6) is -1.78. The Morgan fingerprint density at radius 2 is 1.97 bits per heavy atom. The second-order valence-corrected chi connectivity index (χ2v) is 8.01. The van der Waals surface area contributed by atoms with Crippen LogP contribution in [0.3, 0.4) is 0 Å². The molecule has 2 fully saturated rings. The van der Waals surface area contributed by atoms with Crippen LogP contribution in [0.15, 0.2) is 23.3 Å². The lowest BCUT2D eigenvalue weighted by Gasteiger charge is -2.41. The first-order valence-electron chi connectivity index (χ1n) is 10.5. The number of carbonyl (C=O) groups excluding carboxylic acids is 2. The highest BCUT2D eigenvalue weighted by Crippen LogP contribution is 2.44. The molecule has 0 bridgehead atoms. The number of hydrogen-bond donors (Lipinski definition) is 4. The van der Waals surface area contributed by atoms with E-state index in [4.69, 9.17) is 16.2 Å². The average Bonchev–Trinajstić information content (AvgIpc) is 3.42. The van der Waals surface area contributed by atoms with Gasteiger partial charge in [0.05, 0.1) is 0 Å². The molecule has 5 N–H and O–H groups in total. The van der Waals surface area contributed by atoms with Gasteiger partial charge in [-0.05, 0) is 43.2 Å².